The molecule has 0 aromatic heterocycles. The van der Waals surface area contributed by atoms with E-state index >= 15 is 0 Å². The molecule has 9 heteroatoms. The fourth-order valence-electron chi connectivity index (χ4n) is 1.00. The topological polar surface area (TPSA) is 91.8 Å². The van der Waals surface area contributed by atoms with Crippen molar-refractivity contribution in [3.63, 3.8) is 0 Å². The van der Waals surface area contributed by atoms with Gasteiger partial charge in [-0.15, -0.1) is 0 Å². The van der Waals surface area contributed by atoms with Gasteiger partial charge in [-0.3, -0.25) is 4.55 Å². The van der Waals surface area contributed by atoms with Crippen molar-refractivity contribution in [2.75, 3.05) is 7.11 Å². The van der Waals surface area contributed by atoms with Crippen molar-refractivity contribution >= 4 is 31.7 Å². The largest absolute Gasteiger partial charge is 1.00 e. The van der Waals surface area contributed by atoms with Crippen LogP contribution in [0.4, 0.5) is 5.69 Å². The van der Waals surface area contributed by atoms with E-state index in [-0.39, 0.29) is 28.4 Å². The molecule has 0 saturated carbocycles. The summed E-state index contributed by atoms with van der Waals surface area (Å²) < 4.78 is 35.9. The first-order valence-electron chi connectivity index (χ1n) is 3.60. The van der Waals surface area contributed by atoms with Gasteiger partial charge in [-0.1, -0.05) is 15.9 Å². The molecule has 1 aromatic rings. The molecule has 0 radical (unpaired) electrons. The van der Waals surface area contributed by atoms with Gasteiger partial charge >= 0.3 is 15.8 Å². The summed E-state index contributed by atoms with van der Waals surface area (Å²) in [7, 11) is -3.18. The molecule has 88 valence electrons. The highest BCUT2D eigenvalue weighted by molar-refractivity contribution is 9.10. The summed E-state index contributed by atoms with van der Waals surface area (Å²) in [6.07, 6.45) is 0. The third-order valence-corrected chi connectivity index (χ3v) is 2.93. The molecule has 0 heterocycles. The lowest BCUT2D eigenvalue weighted by Crippen LogP contribution is -3.00. The van der Waals surface area contributed by atoms with Gasteiger partial charge in [0.15, 0.2) is 9.87 Å². The Morgan fingerprint density at radius 3 is 2.44 bits per heavy atom. The Balaban J connectivity index is 0.00000225. The minimum atomic E-state index is -4.46. The lowest BCUT2D eigenvalue weighted by molar-refractivity contribution is -0.00000761. The van der Waals surface area contributed by atoms with E-state index in [1.165, 1.54) is 13.2 Å². The number of ether oxygens (including phenoxy) is 1. The molecule has 16 heavy (non-hydrogen) atoms. The summed E-state index contributed by atoms with van der Waals surface area (Å²) in [5.74, 6) is 0.0273. The van der Waals surface area contributed by atoms with Crippen LogP contribution in [0.5, 0.6) is 5.75 Å². The van der Waals surface area contributed by atoms with Gasteiger partial charge in [-0.2, -0.15) is 8.42 Å². The molecule has 0 bridgehead atoms. The maximum atomic E-state index is 10.9. The molecule has 0 fully saturated rings. The van der Waals surface area contributed by atoms with Crippen LogP contribution in [0.15, 0.2) is 21.5 Å². The molecular formula is C7H6Br2N2O4S. The van der Waals surface area contributed by atoms with Gasteiger partial charge in [0.25, 0.3) is 0 Å². The number of rotatable bonds is 2. The van der Waals surface area contributed by atoms with Crippen molar-refractivity contribution in [3.05, 3.63) is 21.6 Å². The molecule has 0 spiro atoms. The SMILES string of the molecule is COc1cc(Br)cc(S(=O)(=O)O)c1[N+]#N.[Br-]. The van der Waals surface area contributed by atoms with Gasteiger partial charge in [0.05, 0.1) is 7.11 Å². The molecule has 0 unspecified atom stereocenters. The van der Waals surface area contributed by atoms with E-state index < -0.39 is 15.0 Å². The van der Waals surface area contributed by atoms with E-state index in [9.17, 15) is 8.42 Å². The summed E-state index contributed by atoms with van der Waals surface area (Å²) in [4.78, 5) is 2.23. The number of nitrogens with zero attached hydrogens (tertiary/aromatic N) is 2. The van der Waals surface area contributed by atoms with Crippen molar-refractivity contribution in [2.45, 2.75) is 4.90 Å². The molecule has 1 aromatic carbocycles. The molecule has 0 amide bonds. The Labute approximate surface area is 111 Å². The van der Waals surface area contributed by atoms with Crippen LogP contribution >= 0.6 is 15.9 Å². The summed E-state index contributed by atoms with van der Waals surface area (Å²) >= 11 is 3.03. The zero-order chi connectivity index (χ0) is 11.6. The molecule has 6 nitrogen and oxygen atoms in total. The Morgan fingerprint density at radius 1 is 1.50 bits per heavy atom. The van der Waals surface area contributed by atoms with Gasteiger partial charge in [0, 0.05) is 10.5 Å². The highest BCUT2D eigenvalue weighted by Crippen LogP contribution is 2.37. The summed E-state index contributed by atoms with van der Waals surface area (Å²) in [6, 6.07) is 2.51. The second-order valence-electron chi connectivity index (χ2n) is 2.53. The fourth-order valence-corrected chi connectivity index (χ4v) is 2.25. The standard InChI is InChI=1S/C7H5BrN2O4S.BrH/c1-14-5-2-4(8)3-6(7(5)10-9)15(11,12)13;/h2-3H,1H3;1H. The zero-order valence-corrected chi connectivity index (χ0v) is 11.9. The van der Waals surface area contributed by atoms with E-state index in [4.69, 9.17) is 14.7 Å². The van der Waals surface area contributed by atoms with Crippen molar-refractivity contribution in [1.29, 1.82) is 5.39 Å². The minimum absolute atomic E-state index is 0. The van der Waals surface area contributed by atoms with Gasteiger partial charge in [0.2, 0.25) is 11.1 Å². The second kappa shape index (κ2) is 5.58. The van der Waals surface area contributed by atoms with E-state index in [0.717, 1.165) is 6.07 Å². The average Bonchev–Trinajstić information content (AvgIpc) is 2.15. The number of hydrogen-bond acceptors (Lipinski definition) is 4. The first-order chi connectivity index (χ1) is 6.90. The lowest BCUT2D eigenvalue weighted by Gasteiger charge is -2.00. The Bertz CT molecular complexity index is 538. The van der Waals surface area contributed by atoms with Gasteiger partial charge in [0.1, 0.15) is 0 Å². The van der Waals surface area contributed by atoms with Crippen LogP contribution in [0, 0.1) is 5.39 Å². The van der Waals surface area contributed by atoms with Crippen LogP contribution in [-0.2, 0) is 10.1 Å². The molecule has 0 aliphatic rings. The summed E-state index contributed by atoms with van der Waals surface area (Å²) in [5, 5.41) is 8.64. The van der Waals surface area contributed by atoms with Gasteiger partial charge in [-0.05, 0) is 6.07 Å². The lowest BCUT2D eigenvalue weighted by atomic mass is 10.3. The van der Waals surface area contributed by atoms with Crippen molar-refractivity contribution < 1.29 is 34.7 Å². The summed E-state index contributed by atoms with van der Waals surface area (Å²) in [6.45, 7) is 0. The van der Waals surface area contributed by atoms with E-state index in [0.29, 0.717) is 4.47 Å². The maximum Gasteiger partial charge on any atom is 0.447 e. The third-order valence-electron chi connectivity index (χ3n) is 1.60. The molecule has 0 atom stereocenters. The molecule has 1 rings (SSSR count). The van der Waals surface area contributed by atoms with Crippen LogP contribution in [0.2, 0.25) is 0 Å². The van der Waals surface area contributed by atoms with E-state index in [1.54, 1.807) is 0 Å². The van der Waals surface area contributed by atoms with Crippen molar-refractivity contribution in [3.8, 4) is 5.75 Å². The molecular weight excluding hydrogens is 368 g/mol. The molecule has 0 saturated heterocycles. The number of diazo groups is 1. The van der Waals surface area contributed by atoms with Crippen LogP contribution in [-0.4, -0.2) is 20.1 Å². The summed E-state index contributed by atoms with van der Waals surface area (Å²) in [5.41, 5.74) is -0.344. The van der Waals surface area contributed by atoms with Crippen LogP contribution in [0.1, 0.15) is 0 Å². The zero-order valence-electron chi connectivity index (χ0n) is 7.89. The Hall–Kier alpha value is -0.690. The van der Waals surface area contributed by atoms with Crippen molar-refractivity contribution in [1.82, 2.24) is 0 Å². The number of halogens is 2. The quantitative estimate of drug-likeness (QED) is 0.541. The number of methoxy groups -OCH3 is 1. The number of benzene rings is 1. The highest BCUT2D eigenvalue weighted by Gasteiger charge is 2.30. The normalized spacial score (nSPS) is 10.1. The Morgan fingerprint density at radius 2 is 2.06 bits per heavy atom. The smallest absolute Gasteiger partial charge is 0.447 e. The minimum Gasteiger partial charge on any atom is -1.00 e. The van der Waals surface area contributed by atoms with E-state index in [1.807, 2.05) is 0 Å². The highest BCUT2D eigenvalue weighted by atomic mass is 79.9. The molecule has 0 aliphatic heterocycles. The second-order valence-corrected chi connectivity index (χ2v) is 4.84. The maximum absolute atomic E-state index is 10.9. The van der Waals surface area contributed by atoms with Gasteiger partial charge in [-0.25, -0.2) is 0 Å². The monoisotopic (exact) mass is 372 g/mol. The predicted molar refractivity (Wildman–Crippen MR) is 55.3 cm³/mol. The van der Waals surface area contributed by atoms with E-state index in [2.05, 4.69) is 20.9 Å². The van der Waals surface area contributed by atoms with Crippen LogP contribution in [0.25, 0.3) is 4.98 Å². The van der Waals surface area contributed by atoms with Crippen LogP contribution < -0.4 is 21.7 Å². The first kappa shape index (κ1) is 15.3. The average molecular weight is 374 g/mol. The van der Waals surface area contributed by atoms with Crippen molar-refractivity contribution in [2.24, 2.45) is 0 Å². The fraction of sp³-hybridized carbons (Fsp3) is 0.143. The first-order valence-corrected chi connectivity index (χ1v) is 5.83. The number of hydrogen-bond donors (Lipinski definition) is 1. The van der Waals surface area contributed by atoms with Crippen LogP contribution in [0.3, 0.4) is 0 Å². The predicted octanol–water partition coefficient (Wildman–Crippen LogP) is -0.807. The third kappa shape index (κ3) is 3.15. The molecule has 0 aliphatic carbocycles. The Kier molecular flexibility index (Phi) is 5.34. The van der Waals surface area contributed by atoms with Gasteiger partial charge < -0.3 is 21.7 Å². The molecule has 1 N–H and O–H groups in total.